The molecule has 2 aromatic carbocycles. The predicted octanol–water partition coefficient (Wildman–Crippen LogP) is 5.79. The predicted molar refractivity (Wildman–Crippen MR) is 94.5 cm³/mol. The van der Waals surface area contributed by atoms with Gasteiger partial charge in [-0.05, 0) is 41.7 Å². The van der Waals surface area contributed by atoms with Gasteiger partial charge in [0.1, 0.15) is 12.4 Å². The van der Waals surface area contributed by atoms with Crippen molar-refractivity contribution in [1.29, 1.82) is 0 Å². The van der Waals surface area contributed by atoms with Crippen molar-refractivity contribution < 1.29 is 4.74 Å². The second-order valence-corrected chi connectivity index (χ2v) is 8.01. The molecule has 0 aliphatic carbocycles. The van der Waals surface area contributed by atoms with Crippen LogP contribution in [0.15, 0.2) is 48.5 Å². The van der Waals surface area contributed by atoms with Crippen molar-refractivity contribution >= 4 is 35.1 Å². The molecule has 1 heterocycles. The average molecular weight is 337 g/mol. The number of hydrogen-bond donors (Lipinski definition) is 0. The molecule has 0 aromatic heterocycles. The molecule has 0 amide bonds. The third-order valence-electron chi connectivity index (χ3n) is 3.33. The third-order valence-corrected chi connectivity index (χ3v) is 6.72. The van der Waals surface area contributed by atoms with Crippen LogP contribution in [0.1, 0.15) is 22.1 Å². The molecule has 0 N–H and O–H groups in total. The van der Waals surface area contributed by atoms with Gasteiger partial charge < -0.3 is 4.74 Å². The Balaban J connectivity index is 1.60. The number of thioether (sulfide) groups is 2. The smallest absolute Gasteiger partial charge is 0.119 e. The summed E-state index contributed by atoms with van der Waals surface area (Å²) in [7, 11) is 0. The lowest BCUT2D eigenvalue weighted by atomic mass is 10.2. The minimum Gasteiger partial charge on any atom is -0.489 e. The summed E-state index contributed by atoms with van der Waals surface area (Å²) < 4.78 is 6.40. The standard InChI is InChI=1S/C17H17ClOS2/c18-16-5-2-1-4-14(16)12-19-15-8-6-13(7-9-15)17-20-10-3-11-21-17/h1-2,4-9,17H,3,10-12H2. The fourth-order valence-electron chi connectivity index (χ4n) is 2.18. The van der Waals surface area contributed by atoms with Gasteiger partial charge in [-0.25, -0.2) is 0 Å². The Morgan fingerprint density at radius 1 is 1.00 bits per heavy atom. The zero-order chi connectivity index (χ0) is 14.5. The third kappa shape index (κ3) is 4.12. The van der Waals surface area contributed by atoms with E-state index >= 15 is 0 Å². The van der Waals surface area contributed by atoms with Gasteiger partial charge in [0.05, 0.1) is 4.58 Å². The van der Waals surface area contributed by atoms with Crippen LogP contribution in [0.2, 0.25) is 5.02 Å². The molecular formula is C17H17ClOS2. The normalized spacial score (nSPS) is 15.9. The van der Waals surface area contributed by atoms with Crippen LogP contribution in [-0.2, 0) is 6.61 Å². The quantitative estimate of drug-likeness (QED) is 0.699. The number of halogens is 1. The van der Waals surface area contributed by atoms with Crippen LogP contribution in [0.5, 0.6) is 5.75 Å². The Morgan fingerprint density at radius 2 is 1.71 bits per heavy atom. The molecule has 3 rings (SSSR count). The second-order valence-electron chi connectivity index (χ2n) is 4.88. The van der Waals surface area contributed by atoms with Gasteiger partial charge in [0.15, 0.2) is 0 Å². The molecule has 0 saturated carbocycles. The van der Waals surface area contributed by atoms with E-state index in [1.807, 2.05) is 47.8 Å². The fraction of sp³-hybridized carbons (Fsp3) is 0.294. The molecule has 110 valence electrons. The minimum atomic E-state index is 0.506. The summed E-state index contributed by atoms with van der Waals surface area (Å²) in [5.41, 5.74) is 2.40. The van der Waals surface area contributed by atoms with Crippen molar-refractivity contribution in [2.45, 2.75) is 17.6 Å². The van der Waals surface area contributed by atoms with Crippen LogP contribution in [0.4, 0.5) is 0 Å². The van der Waals surface area contributed by atoms with E-state index in [1.54, 1.807) is 0 Å². The minimum absolute atomic E-state index is 0.506. The van der Waals surface area contributed by atoms with Gasteiger partial charge in [-0.3, -0.25) is 0 Å². The Hall–Kier alpha value is -0.770. The molecule has 1 fully saturated rings. The van der Waals surface area contributed by atoms with Crippen molar-refractivity contribution in [2.75, 3.05) is 11.5 Å². The number of ether oxygens (including phenoxy) is 1. The highest BCUT2D eigenvalue weighted by atomic mass is 35.5. The Bertz CT molecular complexity index is 580. The number of benzene rings is 2. The van der Waals surface area contributed by atoms with Crippen molar-refractivity contribution in [3.63, 3.8) is 0 Å². The van der Waals surface area contributed by atoms with E-state index in [0.29, 0.717) is 11.2 Å². The van der Waals surface area contributed by atoms with E-state index in [-0.39, 0.29) is 0 Å². The Kier molecular flexibility index (Phi) is 5.39. The molecule has 1 saturated heterocycles. The van der Waals surface area contributed by atoms with Gasteiger partial charge in [0, 0.05) is 10.6 Å². The van der Waals surface area contributed by atoms with Gasteiger partial charge in [0.25, 0.3) is 0 Å². The molecule has 0 unspecified atom stereocenters. The maximum Gasteiger partial charge on any atom is 0.119 e. The van der Waals surface area contributed by atoms with Crippen molar-refractivity contribution in [3.05, 3.63) is 64.7 Å². The highest BCUT2D eigenvalue weighted by Crippen LogP contribution is 2.43. The van der Waals surface area contributed by atoms with Crippen molar-refractivity contribution in [2.24, 2.45) is 0 Å². The van der Waals surface area contributed by atoms with Crippen LogP contribution in [0, 0.1) is 0 Å². The van der Waals surface area contributed by atoms with Crippen LogP contribution in [-0.4, -0.2) is 11.5 Å². The van der Waals surface area contributed by atoms with Crippen LogP contribution in [0.3, 0.4) is 0 Å². The highest BCUT2D eigenvalue weighted by molar-refractivity contribution is 8.16. The van der Waals surface area contributed by atoms with Gasteiger partial charge in [-0.15, -0.1) is 23.5 Å². The van der Waals surface area contributed by atoms with Crippen molar-refractivity contribution in [1.82, 2.24) is 0 Å². The van der Waals surface area contributed by atoms with E-state index in [2.05, 4.69) is 24.3 Å². The first-order valence-electron chi connectivity index (χ1n) is 7.02. The van der Waals surface area contributed by atoms with Gasteiger partial charge in [0.2, 0.25) is 0 Å². The summed E-state index contributed by atoms with van der Waals surface area (Å²) in [5, 5.41) is 0.754. The maximum absolute atomic E-state index is 6.13. The topological polar surface area (TPSA) is 9.23 Å². The molecule has 1 aliphatic rings. The number of hydrogen-bond acceptors (Lipinski definition) is 3. The molecule has 1 aliphatic heterocycles. The van der Waals surface area contributed by atoms with Gasteiger partial charge >= 0.3 is 0 Å². The van der Waals surface area contributed by atoms with Crippen LogP contribution >= 0.6 is 35.1 Å². The lowest BCUT2D eigenvalue weighted by Gasteiger charge is -2.21. The molecule has 0 atom stereocenters. The van der Waals surface area contributed by atoms with E-state index in [9.17, 15) is 0 Å². The first-order valence-corrected chi connectivity index (χ1v) is 9.50. The van der Waals surface area contributed by atoms with Crippen molar-refractivity contribution in [3.8, 4) is 5.75 Å². The zero-order valence-corrected chi connectivity index (χ0v) is 14.0. The van der Waals surface area contributed by atoms with Crippen LogP contribution in [0.25, 0.3) is 0 Å². The molecule has 4 heteroatoms. The van der Waals surface area contributed by atoms with E-state index < -0.39 is 0 Å². The molecule has 0 bridgehead atoms. The second kappa shape index (κ2) is 7.48. The molecule has 0 radical (unpaired) electrons. The highest BCUT2D eigenvalue weighted by Gasteiger charge is 2.16. The molecule has 2 aromatic rings. The van der Waals surface area contributed by atoms with Gasteiger partial charge in [-0.2, -0.15) is 0 Å². The summed E-state index contributed by atoms with van der Waals surface area (Å²) >= 11 is 10.2. The van der Waals surface area contributed by atoms with Crippen LogP contribution < -0.4 is 4.74 Å². The average Bonchev–Trinajstić information content (AvgIpc) is 2.55. The van der Waals surface area contributed by atoms with E-state index in [1.165, 1.54) is 23.5 Å². The van der Waals surface area contributed by atoms with Gasteiger partial charge in [-0.1, -0.05) is 41.9 Å². The maximum atomic E-state index is 6.13. The fourth-order valence-corrected chi connectivity index (χ4v) is 5.26. The molecule has 21 heavy (non-hydrogen) atoms. The largest absolute Gasteiger partial charge is 0.489 e. The summed E-state index contributed by atoms with van der Waals surface area (Å²) in [5.74, 6) is 3.43. The number of rotatable bonds is 4. The lowest BCUT2D eigenvalue weighted by molar-refractivity contribution is 0.306. The monoisotopic (exact) mass is 336 g/mol. The summed E-state index contributed by atoms with van der Waals surface area (Å²) in [6.45, 7) is 0.506. The first-order chi connectivity index (χ1) is 10.3. The zero-order valence-electron chi connectivity index (χ0n) is 11.6. The summed E-state index contributed by atoms with van der Waals surface area (Å²) in [6.07, 6.45) is 1.32. The van der Waals surface area contributed by atoms with E-state index in [0.717, 1.165) is 16.3 Å². The molecular weight excluding hydrogens is 320 g/mol. The van der Waals surface area contributed by atoms with E-state index in [4.69, 9.17) is 16.3 Å². The SMILES string of the molecule is Clc1ccccc1COc1ccc(C2SCCCS2)cc1. The Morgan fingerprint density at radius 3 is 2.43 bits per heavy atom. The molecule has 0 spiro atoms. The molecule has 1 nitrogen and oxygen atoms in total. The summed E-state index contributed by atoms with van der Waals surface area (Å²) in [4.78, 5) is 0. The Labute approximate surface area is 139 Å². The lowest BCUT2D eigenvalue weighted by Crippen LogP contribution is -2.00. The first kappa shape index (κ1) is 15.1. The summed E-state index contributed by atoms with van der Waals surface area (Å²) in [6, 6.07) is 16.3.